The molecular formula is C18H13IN2O3S. The molecule has 3 aromatic rings. The Hall–Kier alpha value is -2.26. The summed E-state index contributed by atoms with van der Waals surface area (Å²) in [6, 6.07) is 18.2. The minimum atomic E-state index is -0.409. The maximum Gasteiger partial charge on any atom is 0.271 e. The van der Waals surface area contributed by atoms with Crippen LogP contribution in [0.5, 0.6) is 5.75 Å². The molecule has 0 saturated carbocycles. The predicted molar refractivity (Wildman–Crippen MR) is 105 cm³/mol. The van der Waals surface area contributed by atoms with Crippen molar-refractivity contribution in [1.29, 1.82) is 0 Å². The third-order valence-corrected chi connectivity index (χ3v) is 4.97. The molecule has 7 heteroatoms. The minimum Gasteiger partial charge on any atom is -0.507 e. The highest BCUT2D eigenvalue weighted by molar-refractivity contribution is 14.1. The van der Waals surface area contributed by atoms with Crippen LogP contribution in [0.15, 0.2) is 80.2 Å². The van der Waals surface area contributed by atoms with E-state index in [4.69, 9.17) is 4.42 Å². The van der Waals surface area contributed by atoms with Crippen LogP contribution in [0.4, 0.5) is 0 Å². The number of nitrogens with one attached hydrogen (secondary N) is 1. The summed E-state index contributed by atoms with van der Waals surface area (Å²) in [5.41, 5.74) is 2.73. The molecule has 2 N–H and O–H groups in total. The molecule has 2 aromatic carbocycles. The number of halogens is 1. The number of hydrazone groups is 1. The molecule has 0 atom stereocenters. The van der Waals surface area contributed by atoms with Crippen molar-refractivity contribution in [1.82, 2.24) is 5.43 Å². The normalized spacial score (nSPS) is 10.9. The first-order valence-corrected chi connectivity index (χ1v) is 9.16. The van der Waals surface area contributed by atoms with E-state index in [0.29, 0.717) is 14.9 Å². The van der Waals surface area contributed by atoms with Gasteiger partial charge in [-0.3, -0.25) is 4.79 Å². The summed E-state index contributed by atoms with van der Waals surface area (Å²) in [7, 11) is 0. The number of amides is 1. The van der Waals surface area contributed by atoms with Gasteiger partial charge < -0.3 is 9.52 Å². The zero-order valence-electron chi connectivity index (χ0n) is 12.8. The van der Waals surface area contributed by atoms with Gasteiger partial charge >= 0.3 is 0 Å². The van der Waals surface area contributed by atoms with Gasteiger partial charge in [-0.15, -0.1) is 0 Å². The van der Waals surface area contributed by atoms with Crippen LogP contribution < -0.4 is 5.43 Å². The van der Waals surface area contributed by atoms with Crippen molar-refractivity contribution in [2.45, 2.75) is 9.99 Å². The maximum atomic E-state index is 12.0. The standard InChI is InChI=1S/C18H13IN2O3S/c19-15-8-6-12(10-16(15)22)18(23)21-20-11-13-7-9-17(24-13)25-14-4-2-1-3-5-14/h1-11,22H,(H,21,23)/b20-11-. The van der Waals surface area contributed by atoms with Crippen molar-refractivity contribution in [3.63, 3.8) is 0 Å². The number of rotatable bonds is 5. The van der Waals surface area contributed by atoms with Crippen LogP contribution >= 0.6 is 34.4 Å². The van der Waals surface area contributed by atoms with Crippen LogP contribution in [0, 0.1) is 3.57 Å². The molecule has 1 heterocycles. The van der Waals surface area contributed by atoms with Crippen LogP contribution in [-0.2, 0) is 0 Å². The van der Waals surface area contributed by atoms with E-state index >= 15 is 0 Å². The number of carbonyl (C=O) groups is 1. The average Bonchev–Trinajstić information content (AvgIpc) is 3.05. The van der Waals surface area contributed by atoms with Crippen molar-refractivity contribution in [2.24, 2.45) is 5.10 Å². The number of hydrogen-bond acceptors (Lipinski definition) is 5. The highest BCUT2D eigenvalue weighted by Gasteiger charge is 2.07. The molecule has 0 fully saturated rings. The van der Waals surface area contributed by atoms with Gasteiger partial charge in [0.15, 0.2) is 5.09 Å². The molecule has 0 aliphatic carbocycles. The van der Waals surface area contributed by atoms with E-state index in [1.165, 1.54) is 24.0 Å². The molecule has 25 heavy (non-hydrogen) atoms. The second-order valence-corrected chi connectivity index (χ2v) is 7.18. The van der Waals surface area contributed by atoms with E-state index < -0.39 is 5.91 Å². The molecular weight excluding hydrogens is 451 g/mol. The summed E-state index contributed by atoms with van der Waals surface area (Å²) in [4.78, 5) is 13.0. The van der Waals surface area contributed by atoms with E-state index in [2.05, 4.69) is 10.5 Å². The van der Waals surface area contributed by atoms with Crippen molar-refractivity contribution in [2.75, 3.05) is 0 Å². The fourth-order valence-corrected chi connectivity index (χ4v) is 3.07. The SMILES string of the molecule is O=C(N/N=C\c1ccc(Sc2ccccc2)o1)c1ccc(I)c(O)c1. The van der Waals surface area contributed by atoms with Crippen LogP contribution in [0.2, 0.25) is 0 Å². The quantitative estimate of drug-likeness (QED) is 0.331. The summed E-state index contributed by atoms with van der Waals surface area (Å²) < 4.78 is 6.31. The molecule has 5 nitrogen and oxygen atoms in total. The van der Waals surface area contributed by atoms with Gasteiger partial charge in [0.1, 0.15) is 11.5 Å². The van der Waals surface area contributed by atoms with Crippen molar-refractivity contribution in [3.8, 4) is 5.75 Å². The summed E-state index contributed by atoms with van der Waals surface area (Å²) in [5, 5.41) is 14.2. The molecule has 0 aliphatic heterocycles. The Kier molecular flexibility index (Phi) is 5.77. The third kappa shape index (κ3) is 4.86. The van der Waals surface area contributed by atoms with Gasteiger partial charge in [-0.25, -0.2) is 5.43 Å². The van der Waals surface area contributed by atoms with Crippen molar-refractivity contribution >= 4 is 46.5 Å². The number of furan rings is 1. The molecule has 3 rings (SSSR count). The molecule has 0 saturated heterocycles. The zero-order valence-corrected chi connectivity index (χ0v) is 15.8. The fourth-order valence-electron chi connectivity index (χ4n) is 1.94. The lowest BCUT2D eigenvalue weighted by Crippen LogP contribution is -2.17. The summed E-state index contributed by atoms with van der Waals surface area (Å²) in [6.07, 6.45) is 1.43. The van der Waals surface area contributed by atoms with Gasteiger partial charge in [-0.2, -0.15) is 5.10 Å². The van der Waals surface area contributed by atoms with Crippen LogP contribution in [0.1, 0.15) is 16.1 Å². The summed E-state index contributed by atoms with van der Waals surface area (Å²) in [6.45, 7) is 0. The number of phenols is 1. The van der Waals surface area contributed by atoms with Gasteiger partial charge in [-0.1, -0.05) is 30.0 Å². The van der Waals surface area contributed by atoms with Gasteiger partial charge in [0.2, 0.25) is 0 Å². The summed E-state index contributed by atoms with van der Waals surface area (Å²) >= 11 is 3.49. The Balaban J connectivity index is 1.59. The predicted octanol–water partition coefficient (Wildman–Crippen LogP) is 4.50. The average molecular weight is 464 g/mol. The molecule has 0 unspecified atom stereocenters. The van der Waals surface area contributed by atoms with Gasteiger partial charge in [0, 0.05) is 10.5 Å². The van der Waals surface area contributed by atoms with Crippen molar-refractivity contribution < 1.29 is 14.3 Å². The van der Waals surface area contributed by atoms with E-state index in [1.54, 1.807) is 18.2 Å². The molecule has 0 radical (unpaired) electrons. The van der Waals surface area contributed by atoms with E-state index in [0.717, 1.165) is 9.99 Å². The smallest absolute Gasteiger partial charge is 0.271 e. The maximum absolute atomic E-state index is 12.0. The first-order valence-electron chi connectivity index (χ1n) is 7.26. The van der Waals surface area contributed by atoms with Crippen LogP contribution in [0.3, 0.4) is 0 Å². The monoisotopic (exact) mass is 464 g/mol. The number of nitrogens with zero attached hydrogens (tertiary/aromatic N) is 1. The van der Waals surface area contributed by atoms with Crippen molar-refractivity contribution in [3.05, 3.63) is 75.6 Å². The van der Waals surface area contributed by atoms with Crippen LogP contribution in [-0.4, -0.2) is 17.2 Å². The highest BCUT2D eigenvalue weighted by Crippen LogP contribution is 2.28. The second kappa shape index (κ2) is 8.21. The van der Waals surface area contributed by atoms with Gasteiger partial charge in [-0.05, 0) is 65.1 Å². The molecule has 0 spiro atoms. The second-order valence-electron chi connectivity index (χ2n) is 4.94. The van der Waals surface area contributed by atoms with E-state index in [9.17, 15) is 9.90 Å². The number of aromatic hydroxyl groups is 1. The zero-order chi connectivity index (χ0) is 17.6. The Morgan fingerprint density at radius 1 is 1.16 bits per heavy atom. The fraction of sp³-hybridized carbons (Fsp3) is 0. The molecule has 0 aliphatic rings. The molecule has 126 valence electrons. The molecule has 0 bridgehead atoms. The summed E-state index contributed by atoms with van der Waals surface area (Å²) in [5.74, 6) is 0.184. The van der Waals surface area contributed by atoms with Crippen LogP contribution in [0.25, 0.3) is 0 Å². The topological polar surface area (TPSA) is 74.8 Å². The first-order chi connectivity index (χ1) is 12.1. The number of carbonyl (C=O) groups excluding carboxylic acids is 1. The van der Waals surface area contributed by atoms with Gasteiger partial charge in [0.25, 0.3) is 5.91 Å². The number of hydrogen-bond donors (Lipinski definition) is 2. The lowest BCUT2D eigenvalue weighted by atomic mass is 10.2. The lowest BCUT2D eigenvalue weighted by molar-refractivity contribution is 0.0954. The number of benzene rings is 2. The Morgan fingerprint density at radius 2 is 1.96 bits per heavy atom. The van der Waals surface area contributed by atoms with E-state index in [-0.39, 0.29) is 5.75 Å². The minimum absolute atomic E-state index is 0.0610. The number of phenolic OH excluding ortho intramolecular Hbond substituents is 1. The Morgan fingerprint density at radius 3 is 2.72 bits per heavy atom. The first kappa shape index (κ1) is 17.6. The molecule has 1 amide bonds. The highest BCUT2D eigenvalue weighted by atomic mass is 127. The van der Waals surface area contributed by atoms with Gasteiger partial charge in [0.05, 0.1) is 9.78 Å². The largest absolute Gasteiger partial charge is 0.507 e. The molecule has 1 aromatic heterocycles. The third-order valence-electron chi connectivity index (χ3n) is 3.13. The Bertz CT molecular complexity index is 910. The Labute approximate surface area is 162 Å². The van der Waals surface area contributed by atoms with E-state index in [1.807, 2.05) is 59.0 Å². The lowest BCUT2D eigenvalue weighted by Gasteiger charge is -2.01.